The van der Waals surface area contributed by atoms with Crippen molar-refractivity contribution in [3.05, 3.63) is 101 Å². The zero-order valence-electron chi connectivity index (χ0n) is 15.4. The molecule has 0 aliphatic heterocycles. The van der Waals surface area contributed by atoms with Crippen LogP contribution in [0.25, 0.3) is 0 Å². The maximum absolute atomic E-state index is 13.0. The molecule has 138 valence electrons. The molecule has 4 heteroatoms. The highest BCUT2D eigenvalue weighted by atomic mass is 19.1. The van der Waals surface area contributed by atoms with E-state index >= 15 is 0 Å². The molecule has 0 saturated carbocycles. The molecule has 0 unspecified atom stereocenters. The molecule has 0 spiro atoms. The number of rotatable bonds is 7. The van der Waals surface area contributed by atoms with Gasteiger partial charge in [0.1, 0.15) is 5.82 Å². The van der Waals surface area contributed by atoms with E-state index in [9.17, 15) is 9.18 Å². The predicted octanol–water partition coefficient (Wildman–Crippen LogP) is 3.62. The lowest BCUT2D eigenvalue weighted by molar-refractivity contribution is -0.682. The van der Waals surface area contributed by atoms with Crippen LogP contribution in [0, 0.1) is 12.7 Å². The predicted molar refractivity (Wildman–Crippen MR) is 106 cm³/mol. The van der Waals surface area contributed by atoms with Crippen molar-refractivity contribution in [2.75, 3.05) is 11.9 Å². The molecule has 0 bridgehead atoms. The van der Waals surface area contributed by atoms with Crippen LogP contribution in [0.2, 0.25) is 0 Å². The number of carbonyl (C=O) groups is 1. The average Bonchev–Trinajstić information content (AvgIpc) is 2.69. The molecule has 0 heterocycles. The van der Waals surface area contributed by atoms with E-state index in [4.69, 9.17) is 0 Å². The summed E-state index contributed by atoms with van der Waals surface area (Å²) in [6, 6.07) is 23.7. The zero-order valence-corrected chi connectivity index (χ0v) is 15.4. The van der Waals surface area contributed by atoms with Gasteiger partial charge < -0.3 is 10.6 Å². The summed E-state index contributed by atoms with van der Waals surface area (Å²) in [5, 5.41) is 5.03. The number of hydrogen-bond acceptors (Lipinski definition) is 1. The second-order valence-corrected chi connectivity index (χ2v) is 6.64. The highest BCUT2D eigenvalue weighted by molar-refractivity contribution is 5.94. The maximum atomic E-state index is 13.0. The van der Waals surface area contributed by atoms with Gasteiger partial charge in [-0.05, 0) is 36.8 Å². The van der Waals surface area contributed by atoms with Gasteiger partial charge in [-0.15, -0.1) is 0 Å². The first-order chi connectivity index (χ1) is 13.1. The van der Waals surface area contributed by atoms with Crippen LogP contribution in [0.3, 0.4) is 0 Å². The number of carbonyl (C=O) groups excluding carboxylic acids is 1. The lowest BCUT2D eigenvalue weighted by Gasteiger charge is -2.16. The van der Waals surface area contributed by atoms with Crippen molar-refractivity contribution in [2.24, 2.45) is 0 Å². The summed E-state index contributed by atoms with van der Waals surface area (Å²) in [6.07, 6.45) is 0.765. The zero-order chi connectivity index (χ0) is 19.1. The molecule has 0 radical (unpaired) electrons. The molecule has 0 fully saturated rings. The van der Waals surface area contributed by atoms with E-state index in [1.807, 2.05) is 66.8 Å². The van der Waals surface area contributed by atoms with Gasteiger partial charge in [0.05, 0.1) is 6.54 Å². The van der Waals surface area contributed by atoms with Gasteiger partial charge in [0, 0.05) is 17.7 Å². The first kappa shape index (κ1) is 18.8. The summed E-state index contributed by atoms with van der Waals surface area (Å²) in [5.41, 5.74) is 3.96. The minimum Gasteiger partial charge on any atom is -0.332 e. The Kier molecular flexibility index (Phi) is 6.34. The Morgan fingerprint density at radius 3 is 2.30 bits per heavy atom. The second-order valence-electron chi connectivity index (χ2n) is 6.64. The summed E-state index contributed by atoms with van der Waals surface area (Å²) in [6.45, 7) is 2.74. The van der Waals surface area contributed by atoms with Crippen molar-refractivity contribution in [3.8, 4) is 0 Å². The lowest BCUT2D eigenvalue weighted by Crippen LogP contribution is -2.87. The van der Waals surface area contributed by atoms with Gasteiger partial charge in [-0.25, -0.2) is 4.39 Å². The van der Waals surface area contributed by atoms with Crippen molar-refractivity contribution >= 4 is 11.6 Å². The van der Waals surface area contributed by atoms with E-state index in [0.717, 1.165) is 35.3 Å². The number of hydrogen-bond donors (Lipinski definition) is 2. The van der Waals surface area contributed by atoms with Crippen LogP contribution in [-0.2, 0) is 11.2 Å². The number of quaternary nitrogens is 1. The molecule has 3 aromatic rings. The molecule has 3 N–H and O–H groups in total. The molecule has 27 heavy (non-hydrogen) atoms. The molecule has 0 saturated heterocycles. The Morgan fingerprint density at radius 1 is 0.963 bits per heavy atom. The summed E-state index contributed by atoms with van der Waals surface area (Å²) >= 11 is 0. The van der Waals surface area contributed by atoms with Crippen LogP contribution in [0.5, 0.6) is 0 Å². The molecule has 0 aromatic heterocycles. The van der Waals surface area contributed by atoms with Gasteiger partial charge in [0.25, 0.3) is 5.91 Å². The van der Waals surface area contributed by atoms with Crippen LogP contribution >= 0.6 is 0 Å². The van der Waals surface area contributed by atoms with Crippen LogP contribution in [0.4, 0.5) is 10.1 Å². The fourth-order valence-electron chi connectivity index (χ4n) is 2.98. The number of amides is 1. The number of aryl methyl sites for hydroxylation is 1. The molecule has 1 amide bonds. The van der Waals surface area contributed by atoms with Crippen molar-refractivity contribution in [2.45, 2.75) is 19.4 Å². The van der Waals surface area contributed by atoms with E-state index in [1.165, 1.54) is 12.1 Å². The first-order valence-corrected chi connectivity index (χ1v) is 9.12. The molecule has 3 aromatic carbocycles. The van der Waals surface area contributed by atoms with Gasteiger partial charge in [0.2, 0.25) is 0 Å². The lowest BCUT2D eigenvalue weighted by atomic mass is 10.1. The summed E-state index contributed by atoms with van der Waals surface area (Å²) in [4.78, 5) is 12.9. The third kappa shape index (κ3) is 5.50. The normalized spacial score (nSPS) is 11.8. The van der Waals surface area contributed by atoms with Crippen molar-refractivity contribution in [3.63, 3.8) is 0 Å². The topological polar surface area (TPSA) is 45.7 Å². The van der Waals surface area contributed by atoms with Gasteiger partial charge in [0.15, 0.2) is 6.04 Å². The number of halogens is 1. The Balaban J connectivity index is 1.67. The minimum atomic E-state index is -0.340. The molecule has 3 rings (SSSR count). The van der Waals surface area contributed by atoms with Crippen LogP contribution in [-0.4, -0.2) is 12.5 Å². The molecule has 0 aliphatic rings. The van der Waals surface area contributed by atoms with Crippen LogP contribution < -0.4 is 10.6 Å². The molecular weight excluding hydrogens is 339 g/mol. The van der Waals surface area contributed by atoms with Crippen molar-refractivity contribution in [1.82, 2.24) is 0 Å². The number of anilines is 1. The smallest absolute Gasteiger partial charge is 0.287 e. The largest absolute Gasteiger partial charge is 0.332 e. The van der Waals surface area contributed by atoms with E-state index in [2.05, 4.69) is 5.32 Å². The van der Waals surface area contributed by atoms with E-state index in [1.54, 1.807) is 12.1 Å². The molecule has 0 aliphatic carbocycles. The number of benzene rings is 3. The molecule has 3 nitrogen and oxygen atoms in total. The Hall–Kier alpha value is -2.98. The monoisotopic (exact) mass is 363 g/mol. The highest BCUT2D eigenvalue weighted by Gasteiger charge is 2.23. The van der Waals surface area contributed by atoms with Crippen molar-refractivity contribution < 1.29 is 14.5 Å². The fourth-order valence-corrected chi connectivity index (χ4v) is 2.98. The van der Waals surface area contributed by atoms with E-state index in [-0.39, 0.29) is 17.8 Å². The maximum Gasteiger partial charge on any atom is 0.287 e. The van der Waals surface area contributed by atoms with E-state index in [0.29, 0.717) is 0 Å². The third-order valence-electron chi connectivity index (χ3n) is 4.51. The summed E-state index contributed by atoms with van der Waals surface area (Å²) in [7, 11) is 0. The van der Waals surface area contributed by atoms with E-state index < -0.39 is 0 Å². The molecular formula is C23H24FN2O+. The Bertz CT molecular complexity index is 861. The average molecular weight is 363 g/mol. The Morgan fingerprint density at radius 2 is 1.63 bits per heavy atom. The van der Waals surface area contributed by atoms with Crippen LogP contribution in [0.1, 0.15) is 22.7 Å². The number of nitrogens with two attached hydrogens (primary N) is 1. The SMILES string of the molecule is Cc1ccc(NC(=O)[C@@H]([NH2+]CCc2ccc(F)cc2)c2ccccc2)cc1. The summed E-state index contributed by atoms with van der Waals surface area (Å²) < 4.78 is 13.0. The first-order valence-electron chi connectivity index (χ1n) is 9.12. The molecule has 1 atom stereocenters. The minimum absolute atomic E-state index is 0.0517. The third-order valence-corrected chi connectivity index (χ3v) is 4.51. The second kappa shape index (κ2) is 9.10. The Labute approximate surface area is 159 Å². The quantitative estimate of drug-likeness (QED) is 0.662. The van der Waals surface area contributed by atoms with Gasteiger partial charge in [-0.2, -0.15) is 0 Å². The summed E-state index contributed by atoms with van der Waals surface area (Å²) in [5.74, 6) is -0.286. The van der Waals surface area contributed by atoms with Gasteiger partial charge in [-0.1, -0.05) is 60.2 Å². The van der Waals surface area contributed by atoms with Gasteiger partial charge in [-0.3, -0.25) is 4.79 Å². The van der Waals surface area contributed by atoms with Crippen molar-refractivity contribution in [1.29, 1.82) is 0 Å². The number of nitrogens with one attached hydrogen (secondary N) is 1. The standard InChI is InChI=1S/C23H23FN2O/c1-17-7-13-21(14-8-17)26-23(27)22(19-5-3-2-4-6-19)25-16-15-18-9-11-20(24)12-10-18/h2-14,22,25H,15-16H2,1H3,(H,26,27)/p+1/t22-/m0/s1. The highest BCUT2D eigenvalue weighted by Crippen LogP contribution is 2.14. The fraction of sp³-hybridized carbons (Fsp3) is 0.174. The van der Waals surface area contributed by atoms with Crippen LogP contribution in [0.15, 0.2) is 78.9 Å². The van der Waals surface area contributed by atoms with Gasteiger partial charge >= 0.3 is 0 Å².